The van der Waals surface area contributed by atoms with Crippen LogP contribution in [-0.2, 0) is 9.53 Å². The molecule has 2 saturated carbocycles. The number of esters is 1. The summed E-state index contributed by atoms with van der Waals surface area (Å²) in [6, 6.07) is 0. The van der Waals surface area contributed by atoms with Gasteiger partial charge in [0.25, 0.3) is 0 Å². The third-order valence-electron chi connectivity index (χ3n) is 4.10. The van der Waals surface area contributed by atoms with Crippen molar-refractivity contribution in [2.24, 2.45) is 17.3 Å². The van der Waals surface area contributed by atoms with Crippen LogP contribution in [0.2, 0.25) is 0 Å². The Bertz CT molecular complexity index is 245. The molecule has 2 saturated heterocycles. The van der Waals surface area contributed by atoms with Gasteiger partial charge in [-0.1, -0.05) is 0 Å². The van der Waals surface area contributed by atoms with Gasteiger partial charge in [-0.25, -0.2) is 0 Å². The SMILES string of the molecule is CC12CC3CC(CC(C3)OC1=O)C2. The van der Waals surface area contributed by atoms with Crippen LogP contribution in [0.25, 0.3) is 0 Å². The van der Waals surface area contributed by atoms with Gasteiger partial charge in [0, 0.05) is 0 Å². The molecule has 0 aromatic carbocycles. The van der Waals surface area contributed by atoms with E-state index in [4.69, 9.17) is 4.74 Å². The highest BCUT2D eigenvalue weighted by molar-refractivity contribution is 5.77. The van der Waals surface area contributed by atoms with Crippen molar-refractivity contribution in [3.8, 4) is 0 Å². The second-order valence-electron chi connectivity index (χ2n) is 5.44. The molecule has 2 heteroatoms. The topological polar surface area (TPSA) is 26.3 Å². The molecule has 0 radical (unpaired) electrons. The molecule has 0 aromatic rings. The number of hydrogen-bond acceptors (Lipinski definition) is 2. The molecule has 0 N–H and O–H groups in total. The fraction of sp³-hybridized carbons (Fsp3) is 0.909. The maximum atomic E-state index is 11.8. The van der Waals surface area contributed by atoms with Gasteiger partial charge >= 0.3 is 5.97 Å². The van der Waals surface area contributed by atoms with Gasteiger partial charge < -0.3 is 4.74 Å². The molecule has 2 nitrogen and oxygen atoms in total. The third-order valence-corrected chi connectivity index (χ3v) is 4.10. The Balaban J connectivity index is 2.02. The van der Waals surface area contributed by atoms with Crippen LogP contribution in [0.4, 0.5) is 0 Å². The molecular formula is C11H16O2. The number of hydrogen-bond donors (Lipinski definition) is 0. The summed E-state index contributed by atoms with van der Waals surface area (Å²) in [5.41, 5.74) is -0.126. The first-order valence-electron chi connectivity index (χ1n) is 5.37. The Labute approximate surface area is 78.6 Å². The summed E-state index contributed by atoms with van der Waals surface area (Å²) in [6.45, 7) is 2.10. The van der Waals surface area contributed by atoms with E-state index >= 15 is 0 Å². The van der Waals surface area contributed by atoms with Crippen molar-refractivity contribution >= 4 is 5.97 Å². The molecule has 2 heterocycles. The van der Waals surface area contributed by atoms with Crippen molar-refractivity contribution in [2.45, 2.75) is 45.1 Å². The second kappa shape index (κ2) is 2.28. The maximum absolute atomic E-state index is 11.8. The first kappa shape index (κ1) is 7.84. The standard InChI is InChI=1S/C11H16O2/c1-11-5-7-2-8(6-11)4-9(3-7)13-10(11)12/h7-9H,2-6H2,1H3. The van der Waals surface area contributed by atoms with E-state index in [9.17, 15) is 4.79 Å². The Morgan fingerprint density at radius 2 is 1.85 bits per heavy atom. The Kier molecular flexibility index (Phi) is 1.38. The molecule has 2 aliphatic carbocycles. The minimum atomic E-state index is -0.126. The second-order valence-corrected chi connectivity index (χ2v) is 5.44. The zero-order valence-corrected chi connectivity index (χ0v) is 8.08. The number of carbonyl (C=O) groups is 1. The van der Waals surface area contributed by atoms with Crippen molar-refractivity contribution in [3.63, 3.8) is 0 Å². The van der Waals surface area contributed by atoms with Gasteiger partial charge in [0.1, 0.15) is 6.10 Å². The average molecular weight is 180 g/mol. The van der Waals surface area contributed by atoms with Crippen LogP contribution >= 0.6 is 0 Å². The van der Waals surface area contributed by atoms with Gasteiger partial charge in [-0.15, -0.1) is 0 Å². The first-order valence-corrected chi connectivity index (χ1v) is 5.37. The molecule has 4 rings (SSSR count). The molecule has 4 aliphatic rings. The van der Waals surface area contributed by atoms with E-state index in [1.54, 1.807) is 0 Å². The van der Waals surface area contributed by atoms with E-state index < -0.39 is 0 Å². The highest BCUT2D eigenvalue weighted by atomic mass is 16.5. The smallest absolute Gasteiger partial charge is 0.312 e. The summed E-state index contributed by atoms with van der Waals surface area (Å²) in [6.07, 6.45) is 6.05. The molecule has 0 spiro atoms. The summed E-state index contributed by atoms with van der Waals surface area (Å²) in [7, 11) is 0. The maximum Gasteiger partial charge on any atom is 0.312 e. The Hall–Kier alpha value is -0.530. The lowest BCUT2D eigenvalue weighted by Crippen LogP contribution is -2.36. The summed E-state index contributed by atoms with van der Waals surface area (Å²) in [5, 5.41) is 0. The minimum Gasteiger partial charge on any atom is -0.462 e. The molecule has 2 aliphatic heterocycles. The highest BCUT2D eigenvalue weighted by Crippen LogP contribution is 2.52. The summed E-state index contributed by atoms with van der Waals surface area (Å²) < 4.78 is 5.50. The van der Waals surface area contributed by atoms with E-state index in [0.29, 0.717) is 0 Å². The summed E-state index contributed by atoms with van der Waals surface area (Å²) in [5.74, 6) is 1.63. The van der Waals surface area contributed by atoms with Gasteiger partial charge in [0.15, 0.2) is 0 Å². The van der Waals surface area contributed by atoms with Crippen LogP contribution in [-0.4, -0.2) is 12.1 Å². The fourth-order valence-electron chi connectivity index (χ4n) is 3.75. The van der Waals surface area contributed by atoms with E-state index in [1.807, 2.05) is 0 Å². The van der Waals surface area contributed by atoms with Crippen molar-refractivity contribution < 1.29 is 9.53 Å². The molecule has 4 fully saturated rings. The van der Waals surface area contributed by atoms with Crippen LogP contribution in [0, 0.1) is 17.3 Å². The Morgan fingerprint density at radius 1 is 1.23 bits per heavy atom. The number of rotatable bonds is 0. The molecule has 0 aromatic heterocycles. The Morgan fingerprint density at radius 3 is 2.46 bits per heavy atom. The van der Waals surface area contributed by atoms with Crippen LogP contribution in [0.15, 0.2) is 0 Å². The quantitative estimate of drug-likeness (QED) is 0.534. The molecule has 13 heavy (non-hydrogen) atoms. The normalized spacial score (nSPS) is 53.3. The number of carbonyl (C=O) groups excluding carboxylic acids is 1. The lowest BCUT2D eigenvalue weighted by atomic mass is 9.62. The van der Waals surface area contributed by atoms with Crippen molar-refractivity contribution in [1.82, 2.24) is 0 Å². The number of ether oxygens (including phenoxy) is 1. The zero-order chi connectivity index (χ0) is 9.05. The predicted octanol–water partition coefficient (Wildman–Crippen LogP) is 2.13. The van der Waals surface area contributed by atoms with Crippen LogP contribution in [0.1, 0.15) is 39.0 Å². The first-order chi connectivity index (χ1) is 6.16. The lowest BCUT2D eigenvalue weighted by molar-refractivity contribution is -0.156. The third kappa shape index (κ3) is 1.04. The summed E-state index contributed by atoms with van der Waals surface area (Å²) >= 11 is 0. The van der Waals surface area contributed by atoms with E-state index in [2.05, 4.69) is 6.92 Å². The predicted molar refractivity (Wildman–Crippen MR) is 48.1 cm³/mol. The molecule has 72 valence electrons. The van der Waals surface area contributed by atoms with Crippen LogP contribution in [0.3, 0.4) is 0 Å². The zero-order valence-electron chi connectivity index (χ0n) is 8.08. The van der Waals surface area contributed by atoms with Gasteiger partial charge in [-0.05, 0) is 50.9 Å². The molecule has 2 atom stereocenters. The highest BCUT2D eigenvalue weighted by Gasteiger charge is 2.51. The van der Waals surface area contributed by atoms with Crippen LogP contribution < -0.4 is 0 Å². The lowest BCUT2D eigenvalue weighted by Gasteiger charge is -2.40. The molecule has 0 amide bonds. The van der Waals surface area contributed by atoms with Crippen LogP contribution in [0.5, 0.6) is 0 Å². The largest absolute Gasteiger partial charge is 0.462 e. The van der Waals surface area contributed by atoms with E-state index in [1.165, 1.54) is 6.42 Å². The summed E-state index contributed by atoms with van der Waals surface area (Å²) in [4.78, 5) is 11.8. The van der Waals surface area contributed by atoms with Gasteiger partial charge in [-0.3, -0.25) is 4.79 Å². The monoisotopic (exact) mass is 180 g/mol. The molecule has 4 bridgehead atoms. The van der Waals surface area contributed by atoms with Gasteiger partial charge in [-0.2, -0.15) is 0 Å². The fourth-order valence-corrected chi connectivity index (χ4v) is 3.75. The van der Waals surface area contributed by atoms with Gasteiger partial charge in [0.05, 0.1) is 5.41 Å². The van der Waals surface area contributed by atoms with Crippen molar-refractivity contribution in [3.05, 3.63) is 0 Å². The van der Waals surface area contributed by atoms with Crippen molar-refractivity contribution in [1.29, 1.82) is 0 Å². The van der Waals surface area contributed by atoms with Gasteiger partial charge in [0.2, 0.25) is 0 Å². The molecule has 2 unspecified atom stereocenters. The minimum absolute atomic E-state index is 0.0854. The van der Waals surface area contributed by atoms with Crippen molar-refractivity contribution in [2.75, 3.05) is 0 Å². The van der Waals surface area contributed by atoms with E-state index in [0.717, 1.165) is 37.5 Å². The van der Waals surface area contributed by atoms with E-state index in [-0.39, 0.29) is 17.5 Å². The molecular weight excluding hydrogens is 164 g/mol. The number of fused-ring (bicyclic) bond motifs is 1. The average Bonchev–Trinajstić information content (AvgIpc) is 2.12.